The Hall–Kier alpha value is -2.96. The smallest absolute Gasteiger partial charge is 0.335 e. The highest BCUT2D eigenvalue weighted by Gasteiger charge is 2.17. The minimum Gasteiger partial charge on any atom is -0.489 e. The third-order valence-electron chi connectivity index (χ3n) is 3.01. The summed E-state index contributed by atoms with van der Waals surface area (Å²) >= 11 is 0. The van der Waals surface area contributed by atoms with Crippen molar-refractivity contribution in [2.45, 2.75) is 20.0 Å². The fourth-order valence-corrected chi connectivity index (χ4v) is 1.98. The summed E-state index contributed by atoms with van der Waals surface area (Å²) in [4.78, 5) is 23.3. The van der Waals surface area contributed by atoms with E-state index in [-0.39, 0.29) is 23.1 Å². The third kappa shape index (κ3) is 4.07. The topological polar surface area (TPSA) is 75.6 Å². The maximum absolute atomic E-state index is 13.7. The van der Waals surface area contributed by atoms with Crippen LogP contribution in [0.2, 0.25) is 0 Å². The predicted molar refractivity (Wildman–Crippen MR) is 83.5 cm³/mol. The minimum absolute atomic E-state index is 0.0530. The van der Waals surface area contributed by atoms with Crippen LogP contribution >= 0.6 is 0 Å². The molecule has 1 amide bonds. The van der Waals surface area contributed by atoms with Crippen LogP contribution in [0.25, 0.3) is 0 Å². The first-order valence-corrected chi connectivity index (χ1v) is 7.08. The summed E-state index contributed by atoms with van der Waals surface area (Å²) in [6, 6.07) is 6.39. The molecule has 0 spiro atoms. The maximum Gasteiger partial charge on any atom is 0.335 e. The summed E-state index contributed by atoms with van der Waals surface area (Å²) in [6.07, 6.45) is -0.234. The number of halogens is 2. The molecule has 7 heteroatoms. The molecule has 2 aromatic carbocycles. The number of carbonyl (C=O) groups is 2. The van der Waals surface area contributed by atoms with Gasteiger partial charge in [0.25, 0.3) is 5.91 Å². The van der Waals surface area contributed by atoms with Crippen molar-refractivity contribution in [2.24, 2.45) is 0 Å². The molecule has 0 bridgehead atoms. The second-order valence-electron chi connectivity index (χ2n) is 5.26. The molecule has 5 nitrogen and oxygen atoms in total. The van der Waals surface area contributed by atoms with Gasteiger partial charge in [-0.25, -0.2) is 13.6 Å². The summed E-state index contributed by atoms with van der Waals surface area (Å²) in [7, 11) is 0. The van der Waals surface area contributed by atoms with E-state index in [0.717, 1.165) is 18.2 Å². The molecule has 0 radical (unpaired) electrons. The summed E-state index contributed by atoms with van der Waals surface area (Å²) in [6.45, 7) is 3.51. The van der Waals surface area contributed by atoms with Crippen LogP contribution in [0.4, 0.5) is 14.5 Å². The molecular formula is C17H15F2NO4. The number of hydrogen-bond donors (Lipinski definition) is 2. The predicted octanol–water partition coefficient (Wildman–Crippen LogP) is 3.70. The van der Waals surface area contributed by atoms with E-state index in [1.165, 1.54) is 18.2 Å². The van der Waals surface area contributed by atoms with Crippen molar-refractivity contribution in [2.75, 3.05) is 5.32 Å². The number of benzene rings is 2. The first kappa shape index (κ1) is 17.4. The van der Waals surface area contributed by atoms with Crippen LogP contribution in [0.15, 0.2) is 36.4 Å². The van der Waals surface area contributed by atoms with E-state index in [1.807, 2.05) is 0 Å². The Morgan fingerprint density at radius 2 is 1.83 bits per heavy atom. The molecule has 0 atom stereocenters. The monoisotopic (exact) mass is 335 g/mol. The van der Waals surface area contributed by atoms with Gasteiger partial charge in [-0.15, -0.1) is 0 Å². The summed E-state index contributed by atoms with van der Waals surface area (Å²) < 4.78 is 32.4. The van der Waals surface area contributed by atoms with Gasteiger partial charge in [0, 0.05) is 0 Å². The average molecular weight is 335 g/mol. The number of aromatic carboxylic acids is 1. The van der Waals surface area contributed by atoms with E-state index in [9.17, 15) is 18.4 Å². The number of anilines is 1. The van der Waals surface area contributed by atoms with Gasteiger partial charge in [-0.3, -0.25) is 4.79 Å². The van der Waals surface area contributed by atoms with Crippen LogP contribution in [0.3, 0.4) is 0 Å². The zero-order valence-electron chi connectivity index (χ0n) is 13.0. The summed E-state index contributed by atoms with van der Waals surface area (Å²) in [5, 5.41) is 11.4. The Morgan fingerprint density at radius 3 is 2.46 bits per heavy atom. The van der Waals surface area contributed by atoms with Crippen LogP contribution < -0.4 is 10.1 Å². The molecule has 0 aliphatic heterocycles. The van der Waals surface area contributed by atoms with Gasteiger partial charge in [-0.05, 0) is 50.2 Å². The number of rotatable bonds is 5. The molecule has 0 aliphatic rings. The maximum atomic E-state index is 13.7. The molecule has 24 heavy (non-hydrogen) atoms. The van der Waals surface area contributed by atoms with Gasteiger partial charge in [0.1, 0.15) is 17.4 Å². The minimum atomic E-state index is -1.20. The van der Waals surface area contributed by atoms with Crippen LogP contribution in [0.1, 0.15) is 34.6 Å². The fourth-order valence-electron chi connectivity index (χ4n) is 1.98. The Bertz CT molecular complexity index is 790. The number of nitrogens with one attached hydrogen (secondary N) is 1. The van der Waals surface area contributed by atoms with E-state index in [1.54, 1.807) is 13.8 Å². The van der Waals surface area contributed by atoms with E-state index >= 15 is 0 Å². The lowest BCUT2D eigenvalue weighted by molar-refractivity contribution is 0.0696. The van der Waals surface area contributed by atoms with Crippen molar-refractivity contribution in [1.29, 1.82) is 0 Å². The fraction of sp³-hybridized carbons (Fsp3) is 0.176. The molecule has 2 rings (SSSR count). The Labute approximate surface area is 136 Å². The highest BCUT2D eigenvalue weighted by Crippen LogP contribution is 2.28. The largest absolute Gasteiger partial charge is 0.489 e. The van der Waals surface area contributed by atoms with E-state index < -0.39 is 29.1 Å². The molecule has 0 fully saturated rings. The lowest BCUT2D eigenvalue weighted by Crippen LogP contribution is -2.16. The second-order valence-corrected chi connectivity index (χ2v) is 5.26. The van der Waals surface area contributed by atoms with Gasteiger partial charge in [-0.2, -0.15) is 0 Å². The standard InChI is InChI=1S/C17H15F2NO4/c1-9(2)24-15-6-3-10(17(22)23)7-14(15)20-16(21)12-8-11(18)4-5-13(12)19/h3-9H,1-2H3,(H,20,21)(H,22,23). The van der Waals surface area contributed by atoms with Crippen LogP contribution in [0.5, 0.6) is 5.75 Å². The molecule has 0 aliphatic carbocycles. The highest BCUT2D eigenvalue weighted by atomic mass is 19.1. The van der Waals surface area contributed by atoms with Crippen LogP contribution in [0, 0.1) is 11.6 Å². The molecule has 0 heterocycles. The average Bonchev–Trinajstić information content (AvgIpc) is 2.50. The van der Waals surface area contributed by atoms with Gasteiger partial charge in [0.05, 0.1) is 22.9 Å². The lowest BCUT2D eigenvalue weighted by Gasteiger charge is -2.15. The van der Waals surface area contributed by atoms with E-state index in [2.05, 4.69) is 5.32 Å². The molecule has 0 aromatic heterocycles. The van der Waals surface area contributed by atoms with Gasteiger partial charge in [-0.1, -0.05) is 0 Å². The second kappa shape index (κ2) is 7.08. The first-order valence-electron chi connectivity index (χ1n) is 7.08. The van der Waals surface area contributed by atoms with Crippen molar-refractivity contribution >= 4 is 17.6 Å². The lowest BCUT2D eigenvalue weighted by atomic mass is 10.1. The van der Waals surface area contributed by atoms with Crippen LogP contribution in [-0.4, -0.2) is 23.1 Å². The van der Waals surface area contributed by atoms with E-state index in [4.69, 9.17) is 9.84 Å². The summed E-state index contributed by atoms with van der Waals surface area (Å²) in [5.41, 5.74) is -0.524. The molecule has 0 unspecified atom stereocenters. The highest BCUT2D eigenvalue weighted by molar-refractivity contribution is 6.05. The SMILES string of the molecule is CC(C)Oc1ccc(C(=O)O)cc1NC(=O)c1cc(F)ccc1F. The first-order chi connectivity index (χ1) is 11.3. The van der Waals surface area contributed by atoms with Gasteiger partial charge < -0.3 is 15.2 Å². The van der Waals surface area contributed by atoms with Gasteiger partial charge in [0.2, 0.25) is 0 Å². The molecular weight excluding hydrogens is 320 g/mol. The van der Waals surface area contributed by atoms with Crippen molar-refractivity contribution in [1.82, 2.24) is 0 Å². The number of carbonyl (C=O) groups excluding carboxylic acids is 1. The zero-order valence-corrected chi connectivity index (χ0v) is 13.0. The Morgan fingerprint density at radius 1 is 1.12 bits per heavy atom. The Kier molecular flexibility index (Phi) is 5.13. The number of carboxylic acid groups (broad SMARTS) is 1. The van der Waals surface area contributed by atoms with Crippen molar-refractivity contribution in [3.63, 3.8) is 0 Å². The van der Waals surface area contributed by atoms with Gasteiger partial charge >= 0.3 is 5.97 Å². The third-order valence-corrected chi connectivity index (χ3v) is 3.01. The molecule has 2 N–H and O–H groups in total. The van der Waals surface area contributed by atoms with E-state index in [0.29, 0.717) is 0 Å². The number of hydrogen-bond acceptors (Lipinski definition) is 3. The Balaban J connectivity index is 2.38. The van der Waals surface area contributed by atoms with Gasteiger partial charge in [0.15, 0.2) is 0 Å². The number of ether oxygens (including phenoxy) is 1. The molecule has 0 saturated carbocycles. The number of carboxylic acids is 1. The number of amides is 1. The molecule has 2 aromatic rings. The summed E-state index contributed by atoms with van der Waals surface area (Å²) in [5.74, 6) is -3.55. The quantitative estimate of drug-likeness (QED) is 0.873. The van der Waals surface area contributed by atoms with Crippen LogP contribution in [-0.2, 0) is 0 Å². The normalized spacial score (nSPS) is 10.5. The zero-order chi connectivity index (χ0) is 17.9. The van der Waals surface area contributed by atoms with Crippen molar-refractivity contribution in [3.8, 4) is 5.75 Å². The van der Waals surface area contributed by atoms with Crippen molar-refractivity contribution < 1.29 is 28.2 Å². The molecule has 126 valence electrons. The molecule has 0 saturated heterocycles. The van der Waals surface area contributed by atoms with Crippen molar-refractivity contribution in [3.05, 3.63) is 59.2 Å².